The van der Waals surface area contributed by atoms with Crippen LogP contribution in [-0.4, -0.2) is 74.9 Å². The minimum Gasteiger partial charge on any atom is -0.507 e. The van der Waals surface area contributed by atoms with Crippen LogP contribution in [0.4, 0.5) is 0 Å². The molecule has 5 N–H and O–H groups in total. The monoisotopic (exact) mass is 462 g/mol. The molecule has 9 heteroatoms. The number of aromatic hydroxyl groups is 1. The maximum atomic E-state index is 12.9. The zero-order valence-corrected chi connectivity index (χ0v) is 19.0. The molecule has 0 heterocycles. The second kappa shape index (κ2) is 7.27. The van der Waals surface area contributed by atoms with E-state index in [4.69, 9.17) is 9.47 Å². The number of benzene rings is 1. The number of rotatable bonds is 5. The van der Waals surface area contributed by atoms with Gasteiger partial charge in [-0.05, 0) is 37.5 Å². The van der Waals surface area contributed by atoms with Crippen molar-refractivity contribution in [1.82, 2.24) is 0 Å². The highest BCUT2D eigenvalue weighted by Crippen LogP contribution is 2.69. The number of phenolic OH excluding ortho intramolecular Hbond substituents is 1. The molecule has 3 aliphatic carbocycles. The van der Waals surface area contributed by atoms with Crippen molar-refractivity contribution < 1.29 is 44.6 Å². The van der Waals surface area contributed by atoms with Crippen molar-refractivity contribution in [3.8, 4) is 11.5 Å². The number of phenols is 1. The van der Waals surface area contributed by atoms with Gasteiger partial charge < -0.3 is 35.0 Å². The number of hydrogen-bond donors (Lipinski definition) is 5. The molecule has 0 saturated heterocycles. The first-order valence-electron chi connectivity index (χ1n) is 10.8. The van der Waals surface area contributed by atoms with Crippen LogP contribution in [0.2, 0.25) is 0 Å². The Hall–Kier alpha value is -2.46. The summed E-state index contributed by atoms with van der Waals surface area (Å²) in [5, 5.41) is 54.2. The molecule has 0 aromatic heterocycles. The molecule has 4 rings (SSSR count). The van der Waals surface area contributed by atoms with Crippen LogP contribution in [0, 0.1) is 23.7 Å². The second-order valence-electron chi connectivity index (χ2n) is 10.2. The fraction of sp³-hybridized carbons (Fsp3) is 0.583. The van der Waals surface area contributed by atoms with E-state index < -0.39 is 46.1 Å². The highest BCUT2D eigenvalue weighted by atomic mass is 16.6. The molecule has 3 aliphatic rings. The van der Waals surface area contributed by atoms with Crippen LogP contribution in [0.15, 0.2) is 23.8 Å². The summed E-state index contributed by atoms with van der Waals surface area (Å²) in [5.41, 5.74) is -5.65. The number of carbonyl (C=O) groups excluding carboxylic acids is 2. The first-order valence-corrected chi connectivity index (χ1v) is 10.8. The van der Waals surface area contributed by atoms with Crippen LogP contribution in [0.1, 0.15) is 42.6 Å². The normalized spacial score (nSPS) is 41.3. The summed E-state index contributed by atoms with van der Waals surface area (Å²) in [7, 11) is 1.42. The summed E-state index contributed by atoms with van der Waals surface area (Å²) in [4.78, 5) is 24.9. The summed E-state index contributed by atoms with van der Waals surface area (Å²) < 4.78 is 10.6. The van der Waals surface area contributed by atoms with E-state index >= 15 is 0 Å². The Morgan fingerprint density at radius 1 is 1.27 bits per heavy atom. The van der Waals surface area contributed by atoms with Gasteiger partial charge in [0.2, 0.25) is 0 Å². The minimum absolute atomic E-state index is 0.00864. The quantitative estimate of drug-likeness (QED) is 0.313. The average molecular weight is 462 g/mol. The third-order valence-electron chi connectivity index (χ3n) is 8.20. The summed E-state index contributed by atoms with van der Waals surface area (Å²) >= 11 is 0. The highest BCUT2D eigenvalue weighted by Gasteiger charge is 2.78. The molecule has 0 bridgehead atoms. The van der Waals surface area contributed by atoms with Crippen molar-refractivity contribution in [2.24, 2.45) is 16.7 Å². The van der Waals surface area contributed by atoms with Gasteiger partial charge in [-0.2, -0.15) is 0 Å². The summed E-state index contributed by atoms with van der Waals surface area (Å²) in [6, 6.07) is 2.82. The molecule has 33 heavy (non-hydrogen) atoms. The van der Waals surface area contributed by atoms with Gasteiger partial charge in [-0.3, -0.25) is 4.79 Å². The van der Waals surface area contributed by atoms with Crippen LogP contribution in [0.3, 0.4) is 0 Å². The average Bonchev–Trinajstić information content (AvgIpc) is 2.95. The van der Waals surface area contributed by atoms with Gasteiger partial charge in [-0.15, -0.1) is 0 Å². The Morgan fingerprint density at radius 2 is 1.94 bits per heavy atom. The molecule has 7 atom stereocenters. The zero-order chi connectivity index (χ0) is 24.6. The lowest BCUT2D eigenvalue weighted by atomic mass is 9.43. The van der Waals surface area contributed by atoms with Crippen LogP contribution < -0.4 is 4.74 Å². The lowest BCUT2D eigenvalue weighted by Crippen LogP contribution is -2.76. The highest BCUT2D eigenvalue weighted by molar-refractivity contribution is 5.94. The fourth-order valence-corrected chi connectivity index (χ4v) is 6.47. The van der Waals surface area contributed by atoms with E-state index in [1.807, 2.05) is 0 Å². The molecule has 2 saturated carbocycles. The van der Waals surface area contributed by atoms with Gasteiger partial charge in [-0.1, -0.05) is 13.8 Å². The Labute approximate surface area is 191 Å². The molecular weight excluding hydrogens is 432 g/mol. The number of carbonyl (C=O) groups is 2. The van der Waals surface area contributed by atoms with Crippen molar-refractivity contribution in [3.63, 3.8) is 0 Å². The number of hydrogen-bond acceptors (Lipinski definition) is 9. The zero-order valence-electron chi connectivity index (χ0n) is 19.0. The van der Waals surface area contributed by atoms with Gasteiger partial charge in [0.25, 0.3) is 0 Å². The van der Waals surface area contributed by atoms with E-state index in [9.17, 15) is 35.1 Å². The van der Waals surface area contributed by atoms with E-state index in [1.54, 1.807) is 26.8 Å². The Bertz CT molecular complexity index is 1030. The largest absolute Gasteiger partial charge is 0.507 e. The minimum atomic E-state index is -1.96. The van der Waals surface area contributed by atoms with E-state index in [1.165, 1.54) is 19.3 Å². The lowest BCUT2D eigenvalue weighted by Gasteiger charge is -2.66. The number of aryl methyl sites for hydroxylation is 1. The third kappa shape index (κ3) is 2.92. The third-order valence-corrected chi connectivity index (χ3v) is 8.20. The number of aliphatic hydroxyl groups is 4. The van der Waals surface area contributed by atoms with Crippen molar-refractivity contribution >= 4 is 12.3 Å². The van der Waals surface area contributed by atoms with Crippen molar-refractivity contribution in [1.29, 1.82) is 0 Å². The summed E-state index contributed by atoms with van der Waals surface area (Å²) in [6.45, 7) is 4.48. The number of aldehydes is 1. The van der Waals surface area contributed by atoms with Crippen LogP contribution in [-0.2, 0) is 9.53 Å². The second-order valence-corrected chi connectivity index (χ2v) is 10.2. The Morgan fingerprint density at radius 3 is 2.48 bits per heavy atom. The van der Waals surface area contributed by atoms with Gasteiger partial charge in [0, 0.05) is 28.4 Å². The molecule has 0 aliphatic heterocycles. The molecule has 0 amide bonds. The van der Waals surface area contributed by atoms with Crippen LogP contribution >= 0.6 is 0 Å². The maximum absolute atomic E-state index is 12.9. The van der Waals surface area contributed by atoms with Gasteiger partial charge in [0.1, 0.15) is 35.1 Å². The maximum Gasteiger partial charge on any atom is 0.342 e. The summed E-state index contributed by atoms with van der Waals surface area (Å²) in [5.74, 6) is -1.77. The number of methoxy groups -OCH3 is 1. The van der Waals surface area contributed by atoms with Gasteiger partial charge in [-0.25, -0.2) is 4.79 Å². The molecule has 0 radical (unpaired) electrons. The molecule has 1 unspecified atom stereocenters. The molecule has 180 valence electrons. The first kappa shape index (κ1) is 23.7. The number of ether oxygens (including phenoxy) is 2. The van der Waals surface area contributed by atoms with Gasteiger partial charge in [0.05, 0.1) is 25.4 Å². The Kier molecular flexibility index (Phi) is 5.22. The van der Waals surface area contributed by atoms with Crippen molar-refractivity contribution in [3.05, 3.63) is 34.9 Å². The number of aliphatic hydroxyl groups excluding tert-OH is 2. The predicted molar refractivity (Wildman–Crippen MR) is 115 cm³/mol. The predicted octanol–water partition coefficient (Wildman–Crippen LogP) is 0.625. The van der Waals surface area contributed by atoms with E-state index in [0.29, 0.717) is 17.6 Å². The molecule has 1 aromatic carbocycles. The standard InChI is InChI=1S/C24H30O9/c1-12-5-14(32-4)6-15(27)17(12)20(29)33-16-8-22(3)18-19(28)21(2,11-26)10-23(18,30)7-13(9-25)24(16,22)31/h5-7,9,16,18-19,26-28,30-31H,8,10-11H2,1-4H3/t16-,18?,19-,21+,22-,23+,24+/m1/s1. The Balaban J connectivity index is 1.70. The molecule has 1 aromatic rings. The van der Waals surface area contributed by atoms with Crippen LogP contribution in [0.25, 0.3) is 0 Å². The molecule has 9 nitrogen and oxygen atoms in total. The fourth-order valence-electron chi connectivity index (χ4n) is 6.47. The topological polar surface area (TPSA) is 154 Å². The van der Waals surface area contributed by atoms with Crippen molar-refractivity contribution in [2.45, 2.75) is 57.0 Å². The van der Waals surface area contributed by atoms with Gasteiger partial charge in [0.15, 0.2) is 0 Å². The molecule has 2 fully saturated rings. The lowest BCUT2D eigenvalue weighted by molar-refractivity contribution is -0.273. The summed E-state index contributed by atoms with van der Waals surface area (Å²) in [6.07, 6.45) is -0.601. The van der Waals surface area contributed by atoms with Gasteiger partial charge >= 0.3 is 5.97 Å². The van der Waals surface area contributed by atoms with E-state index in [-0.39, 0.29) is 36.3 Å². The van der Waals surface area contributed by atoms with Crippen molar-refractivity contribution in [2.75, 3.05) is 13.7 Å². The van der Waals surface area contributed by atoms with Crippen LogP contribution in [0.5, 0.6) is 11.5 Å². The number of fused-ring (bicyclic) bond motifs is 3. The number of esters is 1. The van der Waals surface area contributed by atoms with E-state index in [0.717, 1.165) is 0 Å². The van der Waals surface area contributed by atoms with E-state index in [2.05, 4.69) is 0 Å². The smallest absolute Gasteiger partial charge is 0.342 e. The molecular formula is C24H30O9. The first-order chi connectivity index (χ1) is 15.3. The SMILES string of the molecule is COc1cc(C)c(C(=O)O[C@@H]2C[C@]3(C)C4[C@@H](O)[C@](C)(CO)C[C@@]4(O)C=C(C=O)[C@]23O)c(O)c1. The molecule has 0 spiro atoms.